The molecule has 1 aromatic rings. The third-order valence-corrected chi connectivity index (χ3v) is 3.86. The van der Waals surface area contributed by atoms with Crippen molar-refractivity contribution in [3.63, 3.8) is 0 Å². The lowest BCUT2D eigenvalue weighted by molar-refractivity contribution is 0.330. The smallest absolute Gasteiger partial charge is 0.0617 e. The van der Waals surface area contributed by atoms with Crippen LogP contribution in [-0.2, 0) is 10.8 Å². The van der Waals surface area contributed by atoms with Crippen LogP contribution < -0.4 is 0 Å². The van der Waals surface area contributed by atoms with Gasteiger partial charge in [0.2, 0.25) is 0 Å². The molecule has 0 aliphatic heterocycles. The summed E-state index contributed by atoms with van der Waals surface area (Å²) in [5.74, 6) is 0. The minimum Gasteiger partial charge on any atom is -0.0617 e. The van der Waals surface area contributed by atoms with Crippen molar-refractivity contribution in [1.29, 1.82) is 0 Å². The third kappa shape index (κ3) is 1.60. The van der Waals surface area contributed by atoms with Crippen LogP contribution >= 0.6 is 0 Å². The highest BCUT2D eigenvalue weighted by molar-refractivity contribution is 5.45. The highest BCUT2D eigenvalue weighted by Crippen LogP contribution is 2.46. The van der Waals surface area contributed by atoms with Crippen LogP contribution in [0.25, 0.3) is 0 Å². The first-order chi connectivity index (χ1) is 7.67. The Hall–Kier alpha value is -0.780. The van der Waals surface area contributed by atoms with Crippen LogP contribution in [0.2, 0.25) is 0 Å². The van der Waals surface area contributed by atoms with Gasteiger partial charge in [-0.05, 0) is 47.3 Å². The van der Waals surface area contributed by atoms with Crippen molar-refractivity contribution < 1.29 is 2.74 Å². The van der Waals surface area contributed by atoms with Crippen LogP contribution in [0.1, 0.15) is 60.0 Å². The number of hydrogen-bond acceptors (Lipinski definition) is 0. The van der Waals surface area contributed by atoms with Gasteiger partial charge in [-0.1, -0.05) is 45.8 Å². The first-order valence-corrected chi connectivity index (χ1v) is 5.78. The van der Waals surface area contributed by atoms with E-state index in [-0.39, 0.29) is 10.8 Å². The zero-order chi connectivity index (χ0) is 13.0. The van der Waals surface area contributed by atoms with Gasteiger partial charge in [0.1, 0.15) is 0 Å². The third-order valence-electron chi connectivity index (χ3n) is 3.86. The lowest BCUT2D eigenvalue weighted by Gasteiger charge is -2.42. The second-order valence-electron chi connectivity index (χ2n) is 6.11. The normalized spacial score (nSPS) is 24.1. The summed E-state index contributed by atoms with van der Waals surface area (Å²) in [5, 5.41) is 0. The number of aryl methyl sites for hydroxylation is 1. The molecule has 0 aromatic heterocycles. The molecule has 0 saturated carbocycles. The van der Waals surface area contributed by atoms with Crippen molar-refractivity contribution in [1.82, 2.24) is 0 Å². The molecule has 0 fully saturated rings. The van der Waals surface area contributed by atoms with E-state index in [1.54, 1.807) is 0 Å². The zero-order valence-electron chi connectivity index (χ0n) is 12.5. The van der Waals surface area contributed by atoms with E-state index in [0.29, 0.717) is 12.1 Å². The molecule has 0 nitrogen and oxygen atoms in total. The summed E-state index contributed by atoms with van der Waals surface area (Å²) < 4.78 is 16.1. The van der Waals surface area contributed by atoms with Crippen molar-refractivity contribution in [3.8, 4) is 0 Å². The van der Waals surface area contributed by atoms with Crippen molar-refractivity contribution in [3.05, 3.63) is 34.8 Å². The summed E-state index contributed by atoms with van der Waals surface area (Å²) >= 11 is 0. The summed E-state index contributed by atoms with van der Waals surface area (Å²) in [4.78, 5) is 0. The summed E-state index contributed by atoms with van der Waals surface area (Å²) in [5.41, 5.74) is 3.77. The van der Waals surface area contributed by atoms with Gasteiger partial charge in [0, 0.05) is 0 Å². The van der Waals surface area contributed by atoms with Gasteiger partial charge in [-0.15, -0.1) is 0 Å². The standard InChI is InChI=1S/C15H22/c1-11-7-6-8-12-13(11)15(4,5)10-9-14(12,2)3/h6-8H,9-10H2,1-5H3/i6D,8D. The van der Waals surface area contributed by atoms with Crippen LogP contribution in [0.3, 0.4) is 0 Å². The van der Waals surface area contributed by atoms with Crippen molar-refractivity contribution in [2.75, 3.05) is 0 Å². The van der Waals surface area contributed by atoms with Gasteiger partial charge in [-0.25, -0.2) is 0 Å². The molecule has 0 bridgehead atoms. The Morgan fingerprint density at radius 2 is 1.73 bits per heavy atom. The van der Waals surface area contributed by atoms with Gasteiger partial charge in [0.05, 0.1) is 2.74 Å². The molecule has 0 spiro atoms. The van der Waals surface area contributed by atoms with Gasteiger partial charge in [-0.3, -0.25) is 0 Å². The number of rotatable bonds is 0. The Morgan fingerprint density at radius 3 is 2.40 bits per heavy atom. The molecule has 15 heavy (non-hydrogen) atoms. The van der Waals surface area contributed by atoms with Crippen LogP contribution in [0.4, 0.5) is 0 Å². The molecule has 0 heterocycles. The molecule has 82 valence electrons. The molecular formula is C15H22. The van der Waals surface area contributed by atoms with Crippen molar-refractivity contribution in [2.45, 2.75) is 58.3 Å². The molecule has 1 aliphatic rings. The van der Waals surface area contributed by atoms with Gasteiger partial charge in [-0.2, -0.15) is 0 Å². The molecule has 0 N–H and O–H groups in total. The largest absolute Gasteiger partial charge is 0.0626 e. The van der Waals surface area contributed by atoms with E-state index >= 15 is 0 Å². The Kier molecular flexibility index (Phi) is 1.73. The van der Waals surface area contributed by atoms with Gasteiger partial charge in [0.25, 0.3) is 0 Å². The molecule has 0 unspecified atom stereocenters. The number of benzene rings is 1. The molecular weight excluding hydrogens is 180 g/mol. The van der Waals surface area contributed by atoms with Crippen molar-refractivity contribution >= 4 is 0 Å². The Balaban J connectivity index is 2.85. The van der Waals surface area contributed by atoms with Crippen LogP contribution in [-0.4, -0.2) is 0 Å². The zero-order valence-corrected chi connectivity index (χ0v) is 10.5. The molecule has 0 atom stereocenters. The highest BCUT2D eigenvalue weighted by Gasteiger charge is 2.37. The summed E-state index contributed by atoms with van der Waals surface area (Å²) in [6.07, 6.45) is 2.26. The molecule has 2 rings (SSSR count). The van der Waals surface area contributed by atoms with Crippen LogP contribution in [0.5, 0.6) is 0 Å². The average Bonchev–Trinajstić information content (AvgIpc) is 2.18. The molecule has 0 amide bonds. The molecule has 1 aliphatic carbocycles. The fourth-order valence-corrected chi connectivity index (χ4v) is 2.80. The monoisotopic (exact) mass is 204 g/mol. The predicted molar refractivity (Wildman–Crippen MR) is 66.5 cm³/mol. The van der Waals surface area contributed by atoms with E-state index in [4.69, 9.17) is 2.74 Å². The van der Waals surface area contributed by atoms with Gasteiger partial charge in [0.15, 0.2) is 0 Å². The van der Waals surface area contributed by atoms with Crippen LogP contribution in [0, 0.1) is 6.92 Å². The first-order valence-electron chi connectivity index (χ1n) is 6.78. The molecule has 0 radical (unpaired) electrons. The van der Waals surface area contributed by atoms with E-state index < -0.39 is 0 Å². The van der Waals surface area contributed by atoms with Gasteiger partial charge < -0.3 is 0 Å². The highest BCUT2D eigenvalue weighted by atomic mass is 14.4. The lowest BCUT2D eigenvalue weighted by Crippen LogP contribution is -2.34. The van der Waals surface area contributed by atoms with E-state index in [0.717, 1.165) is 18.4 Å². The van der Waals surface area contributed by atoms with E-state index in [2.05, 4.69) is 34.6 Å². The topological polar surface area (TPSA) is 0 Å². The fraction of sp³-hybridized carbons (Fsp3) is 0.600. The average molecular weight is 204 g/mol. The minimum atomic E-state index is 0.0315. The second-order valence-corrected chi connectivity index (χ2v) is 6.11. The number of fused-ring (bicyclic) bond motifs is 1. The SMILES string of the molecule is [2H]c1cc(C)c2c(c1[2H])C(C)(C)CCC2(C)C. The molecule has 1 aromatic carbocycles. The van der Waals surface area contributed by atoms with E-state index in [1.807, 2.05) is 6.07 Å². The van der Waals surface area contributed by atoms with Gasteiger partial charge >= 0.3 is 0 Å². The first kappa shape index (κ1) is 8.38. The quantitative estimate of drug-likeness (QED) is 0.589. The summed E-state index contributed by atoms with van der Waals surface area (Å²) in [6, 6.07) is 2.65. The maximum absolute atomic E-state index is 8.21. The summed E-state index contributed by atoms with van der Waals surface area (Å²) in [7, 11) is 0. The lowest BCUT2D eigenvalue weighted by atomic mass is 9.62. The predicted octanol–water partition coefficient (Wildman–Crippen LogP) is 4.34. The maximum atomic E-state index is 8.21. The molecule has 0 heteroatoms. The summed E-state index contributed by atoms with van der Waals surface area (Å²) in [6.45, 7) is 11.0. The maximum Gasteiger partial charge on any atom is 0.0626 e. The fourth-order valence-electron chi connectivity index (χ4n) is 2.80. The van der Waals surface area contributed by atoms with Crippen molar-refractivity contribution in [2.24, 2.45) is 0 Å². The Labute approximate surface area is 96.5 Å². The van der Waals surface area contributed by atoms with E-state index in [1.165, 1.54) is 11.1 Å². The second kappa shape index (κ2) is 3.10. The Morgan fingerprint density at radius 1 is 1.13 bits per heavy atom. The van der Waals surface area contributed by atoms with E-state index in [9.17, 15) is 0 Å². The molecule has 0 saturated heterocycles. The van der Waals surface area contributed by atoms with Crippen LogP contribution in [0.15, 0.2) is 18.2 Å². The number of hydrogen-bond donors (Lipinski definition) is 0. The minimum absolute atomic E-state index is 0.0315. The Bertz CT molecular complexity index is 470.